The van der Waals surface area contributed by atoms with Crippen LogP contribution in [0.2, 0.25) is 0 Å². The number of hydrogen-bond donors (Lipinski definition) is 0. The second-order valence-corrected chi connectivity index (χ2v) is 5.66. The minimum atomic E-state index is -0.785. The number of hydrogen-bond acceptors (Lipinski definition) is 4. The summed E-state index contributed by atoms with van der Waals surface area (Å²) in [5.41, 5.74) is 0.533. The van der Waals surface area contributed by atoms with Crippen LogP contribution in [-0.4, -0.2) is 26.2 Å². The van der Waals surface area contributed by atoms with E-state index in [0.717, 1.165) is 19.3 Å². The normalized spacial score (nSPS) is 33.9. The van der Waals surface area contributed by atoms with Gasteiger partial charge >= 0.3 is 11.9 Å². The zero-order valence-electron chi connectivity index (χ0n) is 11.9. The molecule has 106 valence electrons. The van der Waals surface area contributed by atoms with E-state index in [2.05, 4.69) is 6.08 Å². The van der Waals surface area contributed by atoms with Crippen LogP contribution in [0.15, 0.2) is 11.6 Å². The molecule has 2 aliphatic carbocycles. The average Bonchev–Trinajstić information content (AvgIpc) is 2.46. The SMILES string of the molecule is COC(=O)[C@@H]1CC=C2CCCC[C@@H]2[C@]1(C)C(=O)OC. The molecule has 0 heterocycles. The van der Waals surface area contributed by atoms with Crippen molar-refractivity contribution in [3.05, 3.63) is 11.6 Å². The van der Waals surface area contributed by atoms with Gasteiger partial charge in [-0.2, -0.15) is 0 Å². The Morgan fingerprint density at radius 3 is 2.63 bits per heavy atom. The first-order valence-electron chi connectivity index (χ1n) is 6.90. The summed E-state index contributed by atoms with van der Waals surface area (Å²) in [5.74, 6) is -0.919. The average molecular weight is 266 g/mol. The van der Waals surface area contributed by atoms with Crippen LogP contribution in [0.25, 0.3) is 0 Å². The molecule has 0 bridgehead atoms. The fraction of sp³-hybridized carbons (Fsp3) is 0.733. The molecule has 2 rings (SSSR count). The molecule has 0 aromatic carbocycles. The maximum absolute atomic E-state index is 12.3. The van der Waals surface area contributed by atoms with Crippen LogP contribution in [0.1, 0.15) is 39.0 Å². The molecular formula is C15H22O4. The third kappa shape index (κ3) is 2.17. The number of allylic oxidation sites excluding steroid dienone is 2. The van der Waals surface area contributed by atoms with E-state index in [1.165, 1.54) is 26.2 Å². The summed E-state index contributed by atoms with van der Waals surface area (Å²) in [4.78, 5) is 24.3. The van der Waals surface area contributed by atoms with Gasteiger partial charge in [0.2, 0.25) is 0 Å². The highest BCUT2D eigenvalue weighted by molar-refractivity contribution is 5.86. The lowest BCUT2D eigenvalue weighted by Crippen LogP contribution is -2.50. The molecule has 1 saturated carbocycles. The Balaban J connectivity index is 2.42. The van der Waals surface area contributed by atoms with Gasteiger partial charge in [-0.3, -0.25) is 9.59 Å². The van der Waals surface area contributed by atoms with Crippen molar-refractivity contribution in [3.63, 3.8) is 0 Å². The molecular weight excluding hydrogens is 244 g/mol. The molecule has 0 amide bonds. The predicted octanol–water partition coefficient (Wildman–Crippen LogP) is 2.48. The van der Waals surface area contributed by atoms with Crippen molar-refractivity contribution in [1.82, 2.24) is 0 Å². The maximum Gasteiger partial charge on any atom is 0.313 e. The zero-order chi connectivity index (χ0) is 14.0. The Labute approximate surface area is 114 Å². The summed E-state index contributed by atoms with van der Waals surface area (Å²) in [6.07, 6.45) is 6.96. The molecule has 2 aliphatic rings. The smallest absolute Gasteiger partial charge is 0.313 e. The number of rotatable bonds is 2. The molecule has 0 aliphatic heterocycles. The molecule has 1 fully saturated rings. The number of fused-ring (bicyclic) bond motifs is 1. The number of carbonyl (C=O) groups excluding carboxylic acids is 2. The van der Waals surface area contributed by atoms with Crippen molar-refractivity contribution in [2.45, 2.75) is 39.0 Å². The van der Waals surface area contributed by atoms with Crippen LogP contribution in [0.4, 0.5) is 0 Å². The summed E-state index contributed by atoms with van der Waals surface area (Å²) in [5, 5.41) is 0. The van der Waals surface area contributed by atoms with Crippen molar-refractivity contribution in [3.8, 4) is 0 Å². The first kappa shape index (κ1) is 14.1. The van der Waals surface area contributed by atoms with Gasteiger partial charge in [-0.05, 0) is 38.5 Å². The number of carbonyl (C=O) groups is 2. The van der Waals surface area contributed by atoms with E-state index >= 15 is 0 Å². The first-order chi connectivity index (χ1) is 9.05. The Hall–Kier alpha value is -1.32. The van der Waals surface area contributed by atoms with E-state index in [1.54, 1.807) is 0 Å². The fourth-order valence-corrected chi connectivity index (χ4v) is 3.71. The molecule has 0 unspecified atom stereocenters. The van der Waals surface area contributed by atoms with Gasteiger partial charge in [0.05, 0.1) is 25.6 Å². The third-order valence-electron chi connectivity index (χ3n) is 4.83. The first-order valence-corrected chi connectivity index (χ1v) is 6.90. The van der Waals surface area contributed by atoms with Crippen molar-refractivity contribution in [1.29, 1.82) is 0 Å². The highest BCUT2D eigenvalue weighted by Gasteiger charge is 2.54. The van der Waals surface area contributed by atoms with Crippen LogP contribution in [-0.2, 0) is 19.1 Å². The summed E-state index contributed by atoms with van der Waals surface area (Å²) in [6, 6.07) is 0. The lowest BCUT2D eigenvalue weighted by molar-refractivity contribution is -0.170. The Kier molecular flexibility index (Phi) is 3.97. The molecule has 0 saturated heterocycles. The molecule has 0 radical (unpaired) electrons. The van der Waals surface area contributed by atoms with Crippen molar-refractivity contribution < 1.29 is 19.1 Å². The highest BCUT2D eigenvalue weighted by atomic mass is 16.5. The van der Waals surface area contributed by atoms with Crippen molar-refractivity contribution in [2.24, 2.45) is 17.3 Å². The standard InChI is InChI=1S/C15H22O4/c1-15(14(17)19-3)11-7-5-4-6-10(11)8-9-12(15)13(16)18-2/h8,11-12H,4-7,9H2,1-3H3/t11-,12-,15-/m0/s1. The lowest BCUT2D eigenvalue weighted by Gasteiger charge is -2.45. The number of methoxy groups -OCH3 is 2. The maximum atomic E-state index is 12.3. The van der Waals surface area contributed by atoms with Gasteiger partial charge in [-0.1, -0.05) is 18.1 Å². The molecule has 3 atom stereocenters. The van der Waals surface area contributed by atoms with Gasteiger partial charge in [-0.25, -0.2) is 0 Å². The molecule has 0 spiro atoms. The van der Waals surface area contributed by atoms with Crippen LogP contribution in [0, 0.1) is 17.3 Å². The van der Waals surface area contributed by atoms with E-state index in [9.17, 15) is 9.59 Å². The summed E-state index contributed by atoms with van der Waals surface area (Å²) in [6.45, 7) is 1.86. The van der Waals surface area contributed by atoms with E-state index in [0.29, 0.717) is 6.42 Å². The van der Waals surface area contributed by atoms with E-state index in [4.69, 9.17) is 9.47 Å². The second-order valence-electron chi connectivity index (χ2n) is 5.66. The zero-order valence-corrected chi connectivity index (χ0v) is 11.9. The lowest BCUT2D eigenvalue weighted by atomic mass is 9.57. The molecule has 4 nitrogen and oxygen atoms in total. The van der Waals surface area contributed by atoms with E-state index in [1.807, 2.05) is 6.92 Å². The van der Waals surface area contributed by atoms with Crippen molar-refractivity contribution in [2.75, 3.05) is 14.2 Å². The molecule has 0 aromatic heterocycles. The minimum absolute atomic E-state index is 0.117. The van der Waals surface area contributed by atoms with Crippen LogP contribution in [0.3, 0.4) is 0 Å². The van der Waals surface area contributed by atoms with Crippen LogP contribution < -0.4 is 0 Å². The third-order valence-corrected chi connectivity index (χ3v) is 4.83. The number of esters is 2. The Morgan fingerprint density at radius 2 is 2.00 bits per heavy atom. The van der Waals surface area contributed by atoms with Crippen LogP contribution in [0.5, 0.6) is 0 Å². The highest BCUT2D eigenvalue weighted by Crippen LogP contribution is 2.51. The van der Waals surface area contributed by atoms with Gasteiger partial charge in [0.1, 0.15) is 0 Å². The molecule has 0 N–H and O–H groups in total. The summed E-state index contributed by atoms with van der Waals surface area (Å²) >= 11 is 0. The molecule has 19 heavy (non-hydrogen) atoms. The summed E-state index contributed by atoms with van der Waals surface area (Å²) < 4.78 is 9.88. The summed E-state index contributed by atoms with van der Waals surface area (Å²) in [7, 11) is 2.77. The van der Waals surface area contributed by atoms with E-state index < -0.39 is 11.3 Å². The molecule has 4 heteroatoms. The van der Waals surface area contributed by atoms with Gasteiger partial charge in [0, 0.05) is 0 Å². The Bertz CT molecular complexity index is 412. The fourth-order valence-electron chi connectivity index (χ4n) is 3.71. The van der Waals surface area contributed by atoms with Crippen molar-refractivity contribution >= 4 is 11.9 Å². The Morgan fingerprint density at radius 1 is 1.26 bits per heavy atom. The van der Waals surface area contributed by atoms with Gasteiger partial charge in [0.15, 0.2) is 0 Å². The second kappa shape index (κ2) is 5.35. The van der Waals surface area contributed by atoms with E-state index in [-0.39, 0.29) is 17.9 Å². The minimum Gasteiger partial charge on any atom is -0.469 e. The monoisotopic (exact) mass is 266 g/mol. The predicted molar refractivity (Wildman–Crippen MR) is 70.3 cm³/mol. The van der Waals surface area contributed by atoms with Gasteiger partial charge < -0.3 is 9.47 Å². The molecule has 0 aromatic rings. The largest absolute Gasteiger partial charge is 0.469 e. The van der Waals surface area contributed by atoms with Gasteiger partial charge in [0.25, 0.3) is 0 Å². The quantitative estimate of drug-likeness (QED) is 0.569. The van der Waals surface area contributed by atoms with Gasteiger partial charge in [-0.15, -0.1) is 0 Å². The number of ether oxygens (including phenoxy) is 2. The topological polar surface area (TPSA) is 52.6 Å². The van der Waals surface area contributed by atoms with Crippen LogP contribution >= 0.6 is 0 Å².